The SMILES string of the molecule is Cc1nc2c(ncn2[C@H]2CC(O)[C@@H](CO)O2)c(=O)[nH]1. The van der Waals surface area contributed by atoms with Crippen molar-refractivity contribution >= 4 is 11.2 Å². The zero-order valence-electron chi connectivity index (χ0n) is 10.3. The number of fused-ring (bicyclic) bond motifs is 1. The molecule has 102 valence electrons. The molecule has 1 saturated heterocycles. The van der Waals surface area contributed by atoms with E-state index in [1.54, 1.807) is 11.5 Å². The lowest BCUT2D eigenvalue weighted by Gasteiger charge is -2.13. The Morgan fingerprint density at radius 3 is 3.11 bits per heavy atom. The Balaban J connectivity index is 2.05. The second-order valence-corrected chi connectivity index (χ2v) is 4.59. The van der Waals surface area contributed by atoms with E-state index in [0.29, 0.717) is 17.9 Å². The molecule has 0 radical (unpaired) electrons. The first-order valence-electron chi connectivity index (χ1n) is 5.98. The van der Waals surface area contributed by atoms with Crippen LogP contribution in [-0.2, 0) is 4.74 Å². The molecule has 1 unspecified atom stereocenters. The van der Waals surface area contributed by atoms with Crippen LogP contribution in [0.4, 0.5) is 0 Å². The van der Waals surface area contributed by atoms with E-state index in [0.717, 1.165) is 0 Å². The normalized spacial score (nSPS) is 27.2. The highest BCUT2D eigenvalue weighted by atomic mass is 16.5. The minimum atomic E-state index is -0.740. The molecular weight excluding hydrogens is 252 g/mol. The van der Waals surface area contributed by atoms with Gasteiger partial charge in [0.05, 0.1) is 19.0 Å². The van der Waals surface area contributed by atoms with E-state index < -0.39 is 18.4 Å². The molecule has 8 nitrogen and oxygen atoms in total. The van der Waals surface area contributed by atoms with Gasteiger partial charge in [-0.2, -0.15) is 0 Å². The van der Waals surface area contributed by atoms with Gasteiger partial charge in [0, 0.05) is 6.42 Å². The Kier molecular flexibility index (Phi) is 2.85. The van der Waals surface area contributed by atoms with Crippen LogP contribution in [0.15, 0.2) is 11.1 Å². The second-order valence-electron chi connectivity index (χ2n) is 4.59. The third kappa shape index (κ3) is 1.93. The van der Waals surface area contributed by atoms with Crippen LogP contribution < -0.4 is 5.56 Å². The lowest BCUT2D eigenvalue weighted by atomic mass is 10.2. The van der Waals surface area contributed by atoms with Crippen LogP contribution in [0.25, 0.3) is 11.2 Å². The van der Waals surface area contributed by atoms with Crippen molar-refractivity contribution in [3.05, 3.63) is 22.5 Å². The van der Waals surface area contributed by atoms with Gasteiger partial charge in [-0.3, -0.25) is 9.36 Å². The fraction of sp³-hybridized carbons (Fsp3) is 0.545. The Morgan fingerprint density at radius 2 is 2.42 bits per heavy atom. The number of imidazole rings is 1. The number of aromatic nitrogens is 4. The van der Waals surface area contributed by atoms with Gasteiger partial charge in [-0.25, -0.2) is 9.97 Å². The predicted octanol–water partition coefficient (Wildman–Crippen LogP) is -0.931. The monoisotopic (exact) mass is 266 g/mol. The highest BCUT2D eigenvalue weighted by molar-refractivity contribution is 5.69. The Hall–Kier alpha value is -1.77. The number of H-pyrrole nitrogens is 1. The molecule has 0 aromatic carbocycles. The summed E-state index contributed by atoms with van der Waals surface area (Å²) in [6, 6.07) is 0. The molecule has 1 fully saturated rings. The zero-order chi connectivity index (χ0) is 13.6. The first kappa shape index (κ1) is 12.3. The molecule has 3 heterocycles. The van der Waals surface area contributed by atoms with Crippen molar-refractivity contribution in [2.24, 2.45) is 0 Å². The van der Waals surface area contributed by atoms with Gasteiger partial charge in [-0.05, 0) is 6.92 Å². The second kappa shape index (κ2) is 4.41. The molecule has 0 spiro atoms. The largest absolute Gasteiger partial charge is 0.394 e. The summed E-state index contributed by atoms with van der Waals surface area (Å²) in [6.07, 6.45) is -0.0554. The first-order valence-corrected chi connectivity index (χ1v) is 5.98. The zero-order valence-corrected chi connectivity index (χ0v) is 10.3. The third-order valence-electron chi connectivity index (χ3n) is 3.25. The van der Waals surface area contributed by atoms with Gasteiger partial charge < -0.3 is 19.9 Å². The standard InChI is InChI=1S/C11H14N4O4/c1-5-13-10-9(11(18)14-5)12-4-15(10)8-2-6(17)7(3-16)19-8/h4,6-8,16-17H,2-3H2,1H3,(H,13,14,18)/t6?,7-,8-/m1/s1. The van der Waals surface area contributed by atoms with Crippen LogP contribution in [0.5, 0.6) is 0 Å². The van der Waals surface area contributed by atoms with Gasteiger partial charge in [-0.1, -0.05) is 0 Å². The van der Waals surface area contributed by atoms with Crippen LogP contribution in [-0.4, -0.2) is 48.5 Å². The summed E-state index contributed by atoms with van der Waals surface area (Å²) < 4.78 is 7.13. The molecule has 0 amide bonds. The van der Waals surface area contributed by atoms with E-state index >= 15 is 0 Å². The quantitative estimate of drug-likeness (QED) is 0.647. The van der Waals surface area contributed by atoms with Gasteiger partial charge in [0.2, 0.25) is 0 Å². The molecule has 3 atom stereocenters. The Bertz CT molecular complexity index is 664. The minimum Gasteiger partial charge on any atom is -0.394 e. The van der Waals surface area contributed by atoms with Crippen LogP contribution in [0.1, 0.15) is 18.5 Å². The average molecular weight is 266 g/mol. The molecule has 0 aliphatic carbocycles. The average Bonchev–Trinajstić information content (AvgIpc) is 2.92. The number of hydrogen-bond acceptors (Lipinski definition) is 6. The predicted molar refractivity (Wildman–Crippen MR) is 64.5 cm³/mol. The van der Waals surface area contributed by atoms with Crippen molar-refractivity contribution in [1.29, 1.82) is 0 Å². The number of nitrogens with one attached hydrogen (secondary N) is 1. The van der Waals surface area contributed by atoms with E-state index in [9.17, 15) is 9.90 Å². The van der Waals surface area contributed by atoms with Gasteiger partial charge >= 0.3 is 0 Å². The van der Waals surface area contributed by atoms with E-state index in [2.05, 4.69) is 15.0 Å². The lowest BCUT2D eigenvalue weighted by molar-refractivity contribution is -0.0432. The van der Waals surface area contributed by atoms with Gasteiger partial charge in [0.1, 0.15) is 18.2 Å². The number of hydrogen-bond donors (Lipinski definition) is 3. The molecule has 2 aromatic heterocycles. The summed E-state index contributed by atoms with van der Waals surface area (Å²) >= 11 is 0. The van der Waals surface area contributed by atoms with Crippen LogP contribution in [0, 0.1) is 6.92 Å². The van der Waals surface area contributed by atoms with Crippen LogP contribution in [0.3, 0.4) is 0 Å². The van der Waals surface area contributed by atoms with Crippen LogP contribution >= 0.6 is 0 Å². The maximum atomic E-state index is 11.7. The lowest BCUT2D eigenvalue weighted by Crippen LogP contribution is -2.24. The number of aliphatic hydroxyl groups is 2. The van der Waals surface area contributed by atoms with E-state index in [1.807, 2.05) is 0 Å². The molecule has 1 aliphatic heterocycles. The fourth-order valence-corrected chi connectivity index (χ4v) is 2.30. The summed E-state index contributed by atoms with van der Waals surface area (Å²) in [5, 5.41) is 18.8. The minimum absolute atomic E-state index is 0.233. The van der Waals surface area contributed by atoms with E-state index in [-0.39, 0.29) is 17.7 Å². The number of ether oxygens (including phenoxy) is 1. The molecule has 0 saturated carbocycles. The maximum absolute atomic E-state index is 11.7. The van der Waals surface area contributed by atoms with Crippen LogP contribution in [0.2, 0.25) is 0 Å². The highest BCUT2D eigenvalue weighted by Crippen LogP contribution is 2.29. The van der Waals surface area contributed by atoms with E-state index in [4.69, 9.17) is 9.84 Å². The topological polar surface area (TPSA) is 113 Å². The smallest absolute Gasteiger partial charge is 0.279 e. The molecule has 3 rings (SSSR count). The van der Waals surface area contributed by atoms with Crippen molar-refractivity contribution in [2.75, 3.05) is 6.61 Å². The van der Waals surface area contributed by atoms with Crippen molar-refractivity contribution < 1.29 is 14.9 Å². The van der Waals surface area contributed by atoms with Crippen molar-refractivity contribution in [2.45, 2.75) is 31.8 Å². The molecular formula is C11H14N4O4. The van der Waals surface area contributed by atoms with Gasteiger partial charge in [0.15, 0.2) is 11.2 Å². The molecule has 3 N–H and O–H groups in total. The summed E-state index contributed by atoms with van der Waals surface area (Å²) in [6.45, 7) is 1.43. The van der Waals surface area contributed by atoms with Crippen molar-refractivity contribution in [1.82, 2.24) is 19.5 Å². The third-order valence-corrected chi connectivity index (χ3v) is 3.25. The number of aromatic amines is 1. The summed E-state index contributed by atoms with van der Waals surface area (Å²) in [4.78, 5) is 22.5. The Morgan fingerprint density at radius 1 is 1.63 bits per heavy atom. The summed E-state index contributed by atoms with van der Waals surface area (Å²) in [5.41, 5.74) is 0.340. The molecule has 2 aromatic rings. The number of aryl methyl sites for hydroxylation is 1. The summed E-state index contributed by atoms with van der Waals surface area (Å²) in [5.74, 6) is 0.483. The molecule has 1 aliphatic rings. The molecule has 0 bridgehead atoms. The van der Waals surface area contributed by atoms with Crippen molar-refractivity contribution in [3.8, 4) is 0 Å². The number of rotatable bonds is 2. The van der Waals surface area contributed by atoms with E-state index in [1.165, 1.54) is 6.33 Å². The highest BCUT2D eigenvalue weighted by Gasteiger charge is 2.35. The van der Waals surface area contributed by atoms with Crippen molar-refractivity contribution in [3.63, 3.8) is 0 Å². The Labute approximate surface area is 107 Å². The number of aliphatic hydroxyl groups excluding tert-OH is 2. The first-order chi connectivity index (χ1) is 9.10. The molecule has 19 heavy (non-hydrogen) atoms. The maximum Gasteiger partial charge on any atom is 0.279 e. The molecule has 8 heteroatoms. The van der Waals surface area contributed by atoms with Gasteiger partial charge in [0.25, 0.3) is 5.56 Å². The number of nitrogens with zero attached hydrogens (tertiary/aromatic N) is 3. The fourth-order valence-electron chi connectivity index (χ4n) is 2.30. The van der Waals surface area contributed by atoms with Gasteiger partial charge in [-0.15, -0.1) is 0 Å². The summed E-state index contributed by atoms with van der Waals surface area (Å²) in [7, 11) is 0.